The van der Waals surface area contributed by atoms with Crippen LogP contribution >= 0.6 is 11.3 Å². The summed E-state index contributed by atoms with van der Waals surface area (Å²) in [4.78, 5) is 20.2. The van der Waals surface area contributed by atoms with Crippen molar-refractivity contribution < 1.29 is 4.52 Å². The van der Waals surface area contributed by atoms with Crippen LogP contribution in [-0.4, -0.2) is 32.8 Å². The predicted octanol–water partition coefficient (Wildman–Crippen LogP) is 4.08. The van der Waals surface area contributed by atoms with Crippen molar-refractivity contribution in [3.63, 3.8) is 0 Å². The minimum absolute atomic E-state index is 0.139. The van der Waals surface area contributed by atoms with Crippen molar-refractivity contribution in [1.82, 2.24) is 19.8 Å². The molecule has 1 saturated heterocycles. The second kappa shape index (κ2) is 7.11. The summed E-state index contributed by atoms with van der Waals surface area (Å²) in [6.07, 6.45) is 3.52. The first kappa shape index (κ1) is 18.1. The Labute approximate surface area is 171 Å². The van der Waals surface area contributed by atoms with Gasteiger partial charge >= 0.3 is 0 Å². The van der Waals surface area contributed by atoms with Crippen LogP contribution in [0.25, 0.3) is 26.7 Å². The van der Waals surface area contributed by atoms with Crippen LogP contribution in [0.15, 0.2) is 39.6 Å². The van der Waals surface area contributed by atoms with E-state index in [2.05, 4.69) is 21.2 Å². The van der Waals surface area contributed by atoms with Crippen LogP contribution in [0, 0.1) is 13.8 Å². The molecule has 29 heavy (non-hydrogen) atoms. The highest BCUT2D eigenvalue weighted by atomic mass is 32.1. The maximum Gasteiger partial charge on any atom is 0.277 e. The van der Waals surface area contributed by atoms with Crippen LogP contribution in [0.1, 0.15) is 30.7 Å². The molecule has 4 aromatic rings. The standard InChI is InChI=1S/C21H21N5O2S/c1-13-19(14(2)28-24-13)15-7-6-8-16(11-15)20-23-26-18(27)12-17(22-21(26)29-20)25-9-4-3-5-10-25/h6-8,11-12H,3-5,9-10H2,1-2H3. The molecule has 0 saturated carbocycles. The molecule has 0 amide bonds. The fourth-order valence-corrected chi connectivity index (χ4v) is 4.80. The Morgan fingerprint density at radius 1 is 1.07 bits per heavy atom. The van der Waals surface area contributed by atoms with E-state index in [4.69, 9.17) is 9.51 Å². The lowest BCUT2D eigenvalue weighted by atomic mass is 10.0. The summed E-state index contributed by atoms with van der Waals surface area (Å²) in [5.41, 5.74) is 3.67. The number of anilines is 1. The topological polar surface area (TPSA) is 76.5 Å². The molecule has 0 aliphatic carbocycles. The highest BCUT2D eigenvalue weighted by Gasteiger charge is 2.17. The molecule has 7 nitrogen and oxygen atoms in total. The van der Waals surface area contributed by atoms with Crippen LogP contribution in [0.2, 0.25) is 0 Å². The molecule has 0 N–H and O–H groups in total. The molecule has 0 radical (unpaired) electrons. The maximum absolute atomic E-state index is 12.6. The van der Waals surface area contributed by atoms with Gasteiger partial charge in [-0.3, -0.25) is 4.79 Å². The van der Waals surface area contributed by atoms with Crippen molar-refractivity contribution >= 4 is 22.1 Å². The summed E-state index contributed by atoms with van der Waals surface area (Å²) in [5, 5.41) is 9.35. The number of fused-ring (bicyclic) bond motifs is 1. The van der Waals surface area contributed by atoms with Gasteiger partial charge in [-0.25, -0.2) is 4.98 Å². The van der Waals surface area contributed by atoms with Crippen molar-refractivity contribution in [2.24, 2.45) is 0 Å². The van der Waals surface area contributed by atoms with Crippen LogP contribution in [0.5, 0.6) is 0 Å². The van der Waals surface area contributed by atoms with Crippen LogP contribution in [-0.2, 0) is 0 Å². The smallest absolute Gasteiger partial charge is 0.277 e. The van der Waals surface area contributed by atoms with Gasteiger partial charge in [0.15, 0.2) is 0 Å². The number of hydrogen-bond donors (Lipinski definition) is 0. The average molecular weight is 407 g/mol. The van der Waals surface area contributed by atoms with E-state index >= 15 is 0 Å². The normalized spacial score (nSPS) is 14.6. The molecule has 148 valence electrons. The highest BCUT2D eigenvalue weighted by molar-refractivity contribution is 7.19. The fourth-order valence-electron chi connectivity index (χ4n) is 3.90. The first-order chi connectivity index (χ1) is 14.1. The van der Waals surface area contributed by atoms with E-state index in [-0.39, 0.29) is 5.56 Å². The zero-order valence-electron chi connectivity index (χ0n) is 16.4. The van der Waals surface area contributed by atoms with E-state index in [1.165, 1.54) is 22.3 Å². The lowest BCUT2D eigenvalue weighted by molar-refractivity contribution is 0.393. The summed E-state index contributed by atoms with van der Waals surface area (Å²) in [7, 11) is 0. The first-order valence-electron chi connectivity index (χ1n) is 9.80. The molecule has 0 atom stereocenters. The lowest BCUT2D eigenvalue weighted by Gasteiger charge is -2.27. The highest BCUT2D eigenvalue weighted by Crippen LogP contribution is 2.32. The van der Waals surface area contributed by atoms with Gasteiger partial charge in [-0.05, 0) is 44.7 Å². The van der Waals surface area contributed by atoms with Gasteiger partial charge in [-0.2, -0.15) is 9.61 Å². The molecule has 0 bridgehead atoms. The Hall–Kier alpha value is -3.00. The number of aryl methyl sites for hydroxylation is 2. The molecule has 8 heteroatoms. The number of nitrogens with zero attached hydrogens (tertiary/aromatic N) is 5. The predicted molar refractivity (Wildman–Crippen MR) is 114 cm³/mol. The van der Waals surface area contributed by atoms with Gasteiger partial charge in [-0.15, -0.1) is 0 Å². The molecule has 5 rings (SSSR count). The summed E-state index contributed by atoms with van der Waals surface area (Å²) in [5.74, 6) is 1.54. The zero-order valence-corrected chi connectivity index (χ0v) is 17.2. The largest absolute Gasteiger partial charge is 0.361 e. The fraction of sp³-hybridized carbons (Fsp3) is 0.333. The van der Waals surface area contributed by atoms with E-state index in [0.717, 1.165) is 64.9 Å². The molecule has 1 aromatic carbocycles. The summed E-state index contributed by atoms with van der Waals surface area (Å²) >= 11 is 1.43. The molecule has 4 heterocycles. The Morgan fingerprint density at radius 3 is 2.62 bits per heavy atom. The third-order valence-electron chi connectivity index (χ3n) is 5.34. The van der Waals surface area contributed by atoms with Crippen molar-refractivity contribution in [2.75, 3.05) is 18.0 Å². The maximum atomic E-state index is 12.6. The number of aromatic nitrogens is 4. The van der Waals surface area contributed by atoms with Gasteiger partial charge < -0.3 is 9.42 Å². The average Bonchev–Trinajstić information content (AvgIpc) is 3.32. The zero-order chi connectivity index (χ0) is 20.0. The molecule has 1 aliphatic heterocycles. The van der Waals surface area contributed by atoms with Gasteiger partial charge in [0.1, 0.15) is 16.6 Å². The van der Waals surface area contributed by atoms with Gasteiger partial charge in [0.05, 0.1) is 5.69 Å². The molecular weight excluding hydrogens is 386 g/mol. The lowest BCUT2D eigenvalue weighted by Crippen LogP contribution is -2.31. The van der Waals surface area contributed by atoms with E-state index in [9.17, 15) is 4.79 Å². The number of benzene rings is 1. The monoisotopic (exact) mass is 407 g/mol. The van der Waals surface area contributed by atoms with Crippen molar-refractivity contribution in [1.29, 1.82) is 0 Å². The summed E-state index contributed by atoms with van der Waals surface area (Å²) in [6.45, 7) is 5.74. The molecule has 0 unspecified atom stereocenters. The van der Waals surface area contributed by atoms with Crippen LogP contribution in [0.4, 0.5) is 5.82 Å². The number of piperidine rings is 1. The van der Waals surface area contributed by atoms with E-state index in [0.29, 0.717) is 4.96 Å². The van der Waals surface area contributed by atoms with Crippen molar-refractivity contribution in [2.45, 2.75) is 33.1 Å². The third-order valence-corrected chi connectivity index (χ3v) is 6.30. The van der Waals surface area contributed by atoms with Gasteiger partial charge in [0, 0.05) is 30.3 Å². The Balaban J connectivity index is 1.57. The van der Waals surface area contributed by atoms with Crippen LogP contribution in [0.3, 0.4) is 0 Å². The Bertz CT molecular complexity index is 1230. The second-order valence-corrected chi connectivity index (χ2v) is 8.34. The second-order valence-electron chi connectivity index (χ2n) is 7.38. The summed E-state index contributed by atoms with van der Waals surface area (Å²) in [6, 6.07) is 9.67. The van der Waals surface area contributed by atoms with Crippen LogP contribution < -0.4 is 10.5 Å². The number of hydrogen-bond acceptors (Lipinski definition) is 7. The minimum Gasteiger partial charge on any atom is -0.361 e. The van der Waals surface area contributed by atoms with E-state index < -0.39 is 0 Å². The van der Waals surface area contributed by atoms with Gasteiger partial charge in [0.25, 0.3) is 5.56 Å². The molecule has 1 aliphatic rings. The van der Waals surface area contributed by atoms with Gasteiger partial charge in [-0.1, -0.05) is 34.7 Å². The third kappa shape index (κ3) is 3.23. The van der Waals surface area contributed by atoms with E-state index in [1.54, 1.807) is 6.07 Å². The molecule has 3 aromatic heterocycles. The van der Waals surface area contributed by atoms with Crippen molar-refractivity contribution in [3.05, 3.63) is 52.1 Å². The quantitative estimate of drug-likeness (QED) is 0.509. The molecule has 1 fully saturated rings. The van der Waals surface area contributed by atoms with E-state index in [1.807, 2.05) is 32.0 Å². The SMILES string of the molecule is Cc1noc(C)c1-c1cccc(-c2nn3c(=O)cc(N4CCCCC4)nc3s2)c1. The minimum atomic E-state index is -0.139. The molecular formula is C21H21N5O2S. The summed E-state index contributed by atoms with van der Waals surface area (Å²) < 4.78 is 6.71. The molecule has 0 spiro atoms. The first-order valence-corrected chi connectivity index (χ1v) is 10.6. The van der Waals surface area contributed by atoms with Gasteiger partial charge in [0.2, 0.25) is 4.96 Å². The van der Waals surface area contributed by atoms with Crippen molar-refractivity contribution in [3.8, 4) is 21.7 Å². The Morgan fingerprint density at radius 2 is 1.86 bits per heavy atom. The number of rotatable bonds is 3. The Kier molecular flexibility index (Phi) is 4.43.